The smallest absolute Gasteiger partial charge is 0.308 e. The average molecular weight is 359 g/mol. The number of methoxy groups -OCH3 is 1. The molecule has 1 fully saturated rings. The molecule has 2 nitrogen and oxygen atoms in total. The van der Waals surface area contributed by atoms with Crippen LogP contribution in [0.25, 0.3) is 0 Å². The van der Waals surface area contributed by atoms with Gasteiger partial charge in [-0.2, -0.15) is 0 Å². The fourth-order valence-electron chi connectivity index (χ4n) is 2.35. The predicted octanol–water partition coefficient (Wildman–Crippen LogP) is 4.80. The van der Waals surface area contributed by atoms with Gasteiger partial charge in [0.2, 0.25) is 0 Å². The van der Waals surface area contributed by atoms with Crippen molar-refractivity contribution in [3.05, 3.63) is 0 Å². The molecule has 1 saturated heterocycles. The highest BCUT2D eigenvalue weighted by Crippen LogP contribution is 2.35. The molecular weight excluding hydrogens is 328 g/mol. The van der Waals surface area contributed by atoms with Crippen LogP contribution in [0.15, 0.2) is 0 Å². The minimum absolute atomic E-state index is 0.0380. The van der Waals surface area contributed by atoms with Crippen LogP contribution in [0.5, 0.6) is 0 Å². The van der Waals surface area contributed by atoms with E-state index < -0.39 is 8.07 Å². The van der Waals surface area contributed by atoms with Gasteiger partial charge in [-0.3, -0.25) is 4.79 Å². The van der Waals surface area contributed by atoms with Gasteiger partial charge in [-0.15, -0.1) is 35.0 Å². The van der Waals surface area contributed by atoms with Crippen LogP contribution < -0.4 is 0 Å². The first kappa shape index (κ1) is 20.0. The SMILES string of the molecule is COC(=O)C(CCCC#C[Si](C)(C)C)CCC1SCCCS1. The topological polar surface area (TPSA) is 26.3 Å². The first-order valence-electron chi connectivity index (χ1n) is 8.23. The summed E-state index contributed by atoms with van der Waals surface area (Å²) < 4.78 is 5.66. The lowest BCUT2D eigenvalue weighted by Crippen LogP contribution is -2.18. The van der Waals surface area contributed by atoms with Crippen molar-refractivity contribution in [3.63, 3.8) is 0 Å². The maximum Gasteiger partial charge on any atom is 0.308 e. The standard InChI is InChI=1S/C17H30O2S2Si/c1-19-17(18)15(9-6-5-7-14-22(2,3)4)10-11-16-20-12-8-13-21-16/h15-16H,5-6,8-13H2,1-4H3. The van der Waals surface area contributed by atoms with Crippen LogP contribution in [0.4, 0.5) is 0 Å². The van der Waals surface area contributed by atoms with Crippen LogP contribution in [0.1, 0.15) is 38.5 Å². The van der Waals surface area contributed by atoms with Crippen molar-refractivity contribution in [2.24, 2.45) is 5.92 Å². The molecule has 0 spiro atoms. The van der Waals surface area contributed by atoms with Crippen LogP contribution in [0.2, 0.25) is 19.6 Å². The van der Waals surface area contributed by atoms with Crippen LogP contribution in [-0.2, 0) is 9.53 Å². The zero-order valence-electron chi connectivity index (χ0n) is 14.4. The van der Waals surface area contributed by atoms with E-state index >= 15 is 0 Å². The van der Waals surface area contributed by atoms with Crippen molar-refractivity contribution in [1.29, 1.82) is 0 Å². The maximum atomic E-state index is 11.9. The number of unbranched alkanes of at least 4 members (excludes halogenated alkanes) is 1. The minimum atomic E-state index is -1.26. The van der Waals surface area contributed by atoms with Gasteiger partial charge in [-0.25, -0.2) is 0 Å². The van der Waals surface area contributed by atoms with Gasteiger partial charge in [-0.05, 0) is 43.6 Å². The molecule has 0 saturated carbocycles. The molecular formula is C17H30O2S2Si. The third-order valence-corrected chi connectivity index (χ3v) is 7.51. The summed E-state index contributed by atoms with van der Waals surface area (Å²) in [6.07, 6.45) is 6.22. The van der Waals surface area contributed by atoms with E-state index in [4.69, 9.17) is 4.74 Å². The molecule has 1 aliphatic heterocycles. The molecule has 0 aromatic heterocycles. The Hall–Kier alpha value is -0.0531. The Morgan fingerprint density at radius 3 is 2.55 bits per heavy atom. The van der Waals surface area contributed by atoms with Crippen molar-refractivity contribution in [1.82, 2.24) is 0 Å². The number of esters is 1. The molecule has 1 aliphatic rings. The van der Waals surface area contributed by atoms with Gasteiger partial charge in [0, 0.05) is 6.42 Å². The Bertz CT molecular complexity index is 390. The summed E-state index contributed by atoms with van der Waals surface area (Å²) in [5, 5.41) is 0. The molecule has 0 N–H and O–H groups in total. The van der Waals surface area contributed by atoms with Crippen molar-refractivity contribution in [2.75, 3.05) is 18.6 Å². The quantitative estimate of drug-likeness (QED) is 0.282. The predicted molar refractivity (Wildman–Crippen MR) is 103 cm³/mol. The van der Waals surface area contributed by atoms with Gasteiger partial charge in [0.05, 0.1) is 17.6 Å². The van der Waals surface area contributed by atoms with Gasteiger partial charge in [0.1, 0.15) is 8.07 Å². The summed E-state index contributed by atoms with van der Waals surface area (Å²) in [6.45, 7) is 6.78. The molecule has 1 rings (SSSR count). The molecule has 1 atom stereocenters. The second kappa shape index (κ2) is 10.7. The van der Waals surface area contributed by atoms with E-state index in [0.29, 0.717) is 4.58 Å². The number of hydrogen-bond acceptors (Lipinski definition) is 4. The van der Waals surface area contributed by atoms with E-state index in [1.54, 1.807) is 0 Å². The average Bonchev–Trinajstić information content (AvgIpc) is 2.49. The lowest BCUT2D eigenvalue weighted by Gasteiger charge is -2.22. The molecule has 22 heavy (non-hydrogen) atoms. The lowest BCUT2D eigenvalue weighted by atomic mass is 9.97. The molecule has 0 amide bonds. The largest absolute Gasteiger partial charge is 0.469 e. The van der Waals surface area contributed by atoms with E-state index in [0.717, 1.165) is 32.1 Å². The lowest BCUT2D eigenvalue weighted by molar-refractivity contribution is -0.146. The fraction of sp³-hybridized carbons (Fsp3) is 0.824. The van der Waals surface area contributed by atoms with Crippen LogP contribution in [0, 0.1) is 17.4 Å². The molecule has 126 valence electrons. The third-order valence-electron chi connectivity index (χ3n) is 3.50. The number of ether oxygens (including phenoxy) is 1. The van der Waals surface area contributed by atoms with Gasteiger partial charge in [0.15, 0.2) is 0 Å². The highest BCUT2D eigenvalue weighted by Gasteiger charge is 2.22. The first-order chi connectivity index (χ1) is 10.4. The molecule has 0 radical (unpaired) electrons. The second-order valence-corrected chi connectivity index (χ2v) is 14.4. The third kappa shape index (κ3) is 9.17. The Morgan fingerprint density at radius 2 is 1.95 bits per heavy atom. The number of carbonyl (C=O) groups is 1. The summed E-state index contributed by atoms with van der Waals surface area (Å²) in [4.78, 5) is 11.9. The van der Waals surface area contributed by atoms with Gasteiger partial charge >= 0.3 is 5.97 Å². The van der Waals surface area contributed by atoms with Gasteiger partial charge in [-0.1, -0.05) is 19.6 Å². The van der Waals surface area contributed by atoms with E-state index in [-0.39, 0.29) is 11.9 Å². The summed E-state index contributed by atoms with van der Waals surface area (Å²) in [7, 11) is 0.245. The van der Waals surface area contributed by atoms with Crippen molar-refractivity contribution >= 4 is 37.6 Å². The molecule has 0 aliphatic carbocycles. The first-order valence-corrected chi connectivity index (χ1v) is 13.8. The Kier molecular flexibility index (Phi) is 9.70. The summed E-state index contributed by atoms with van der Waals surface area (Å²) in [5.74, 6) is 5.86. The fourth-order valence-corrected chi connectivity index (χ4v) is 5.91. The van der Waals surface area contributed by atoms with Crippen molar-refractivity contribution in [3.8, 4) is 11.5 Å². The van der Waals surface area contributed by atoms with Crippen LogP contribution in [-0.4, -0.2) is 37.2 Å². The molecule has 0 bridgehead atoms. The monoisotopic (exact) mass is 358 g/mol. The summed E-state index contributed by atoms with van der Waals surface area (Å²) >= 11 is 4.10. The number of hydrogen-bond donors (Lipinski definition) is 0. The zero-order chi connectivity index (χ0) is 16.4. The van der Waals surface area contributed by atoms with E-state index in [2.05, 4.69) is 54.6 Å². The molecule has 1 heterocycles. The molecule has 1 unspecified atom stereocenters. The van der Waals surface area contributed by atoms with Crippen molar-refractivity contribution < 1.29 is 9.53 Å². The number of rotatable bonds is 7. The second-order valence-electron chi connectivity index (χ2n) is 6.77. The van der Waals surface area contributed by atoms with Crippen molar-refractivity contribution in [2.45, 2.75) is 62.7 Å². The molecule has 5 heteroatoms. The molecule has 0 aromatic rings. The summed E-state index contributed by atoms with van der Waals surface area (Å²) in [6, 6.07) is 0. The van der Waals surface area contributed by atoms with E-state index in [1.165, 1.54) is 25.0 Å². The Labute approximate surface area is 145 Å². The Morgan fingerprint density at radius 1 is 1.27 bits per heavy atom. The number of thioether (sulfide) groups is 2. The summed E-state index contributed by atoms with van der Waals surface area (Å²) in [5.41, 5.74) is 3.39. The maximum absolute atomic E-state index is 11.9. The van der Waals surface area contributed by atoms with Gasteiger partial charge < -0.3 is 4.74 Å². The normalized spacial score (nSPS) is 17.5. The Balaban J connectivity index is 2.33. The minimum Gasteiger partial charge on any atom is -0.469 e. The van der Waals surface area contributed by atoms with Crippen LogP contribution >= 0.6 is 23.5 Å². The highest BCUT2D eigenvalue weighted by atomic mass is 32.2. The highest BCUT2D eigenvalue weighted by molar-refractivity contribution is 8.17. The zero-order valence-corrected chi connectivity index (χ0v) is 17.1. The van der Waals surface area contributed by atoms with E-state index in [1.807, 2.05) is 0 Å². The van der Waals surface area contributed by atoms with Crippen LogP contribution in [0.3, 0.4) is 0 Å². The van der Waals surface area contributed by atoms with E-state index in [9.17, 15) is 4.79 Å². The molecule has 0 aromatic carbocycles. The van der Waals surface area contributed by atoms with Gasteiger partial charge in [0.25, 0.3) is 0 Å². The number of carbonyl (C=O) groups excluding carboxylic acids is 1.